The van der Waals surface area contributed by atoms with Crippen LogP contribution in [-0.2, 0) is 0 Å². The van der Waals surface area contributed by atoms with Gasteiger partial charge in [0.2, 0.25) is 5.88 Å². The molecule has 0 unspecified atom stereocenters. The predicted octanol–water partition coefficient (Wildman–Crippen LogP) is 1.78. The Morgan fingerprint density at radius 1 is 1.44 bits per heavy atom. The first-order valence-corrected chi connectivity index (χ1v) is 4.63. The number of aromatic amines is 1. The van der Waals surface area contributed by atoms with Crippen molar-refractivity contribution < 1.29 is 14.6 Å². The summed E-state index contributed by atoms with van der Waals surface area (Å²) in [6.45, 7) is 0. The molecule has 0 saturated carbocycles. The molecule has 0 bridgehead atoms. The van der Waals surface area contributed by atoms with Crippen molar-refractivity contribution in [3.63, 3.8) is 0 Å². The number of carbonyl (C=O) groups is 1. The van der Waals surface area contributed by atoms with E-state index in [-0.39, 0.29) is 5.69 Å². The second-order valence-electron chi connectivity index (χ2n) is 3.16. The molecule has 2 aromatic heterocycles. The zero-order valence-electron chi connectivity index (χ0n) is 8.60. The Kier molecular flexibility index (Phi) is 2.59. The number of carboxylic acid groups (broad SMARTS) is 1. The van der Waals surface area contributed by atoms with Crippen LogP contribution in [0.4, 0.5) is 0 Å². The fourth-order valence-electron chi connectivity index (χ4n) is 1.45. The fraction of sp³-hybridized carbons (Fsp3) is 0.0909. The van der Waals surface area contributed by atoms with Crippen molar-refractivity contribution in [3.05, 3.63) is 36.3 Å². The average molecular weight is 218 g/mol. The van der Waals surface area contributed by atoms with Crippen molar-refractivity contribution in [3.8, 4) is 17.0 Å². The van der Waals surface area contributed by atoms with Gasteiger partial charge in [-0.2, -0.15) is 0 Å². The number of rotatable bonds is 3. The van der Waals surface area contributed by atoms with E-state index in [1.54, 1.807) is 30.6 Å². The van der Waals surface area contributed by atoms with E-state index in [4.69, 9.17) is 9.84 Å². The highest BCUT2D eigenvalue weighted by atomic mass is 16.5. The van der Waals surface area contributed by atoms with Crippen LogP contribution in [0.3, 0.4) is 0 Å². The molecule has 0 aliphatic rings. The van der Waals surface area contributed by atoms with Crippen molar-refractivity contribution in [1.29, 1.82) is 0 Å². The van der Waals surface area contributed by atoms with E-state index in [0.29, 0.717) is 11.4 Å². The summed E-state index contributed by atoms with van der Waals surface area (Å²) in [6, 6.07) is 5.16. The standard InChI is InChI=1S/C11H10N2O3/c1-16-9-3-2-7(6-13-9)8-4-5-12-10(8)11(14)15/h2-6,12H,1H3,(H,14,15). The highest BCUT2D eigenvalue weighted by Crippen LogP contribution is 2.23. The minimum atomic E-state index is -0.990. The Balaban J connectivity index is 2.42. The van der Waals surface area contributed by atoms with Gasteiger partial charge in [-0.05, 0) is 12.1 Å². The van der Waals surface area contributed by atoms with Crippen LogP contribution < -0.4 is 4.74 Å². The molecule has 0 saturated heterocycles. The summed E-state index contributed by atoms with van der Waals surface area (Å²) in [5.74, 6) is -0.494. The third kappa shape index (κ3) is 1.75. The lowest BCUT2D eigenvalue weighted by Crippen LogP contribution is -1.98. The summed E-state index contributed by atoms with van der Waals surface area (Å²) >= 11 is 0. The predicted molar refractivity (Wildman–Crippen MR) is 57.5 cm³/mol. The fourth-order valence-corrected chi connectivity index (χ4v) is 1.45. The topological polar surface area (TPSA) is 75.2 Å². The van der Waals surface area contributed by atoms with E-state index in [2.05, 4.69) is 9.97 Å². The second-order valence-corrected chi connectivity index (χ2v) is 3.16. The summed E-state index contributed by atoms with van der Waals surface area (Å²) in [5.41, 5.74) is 1.51. The van der Waals surface area contributed by atoms with E-state index in [1.165, 1.54) is 7.11 Å². The van der Waals surface area contributed by atoms with E-state index in [0.717, 1.165) is 5.56 Å². The van der Waals surface area contributed by atoms with Crippen LogP contribution in [0.1, 0.15) is 10.5 Å². The summed E-state index contributed by atoms with van der Waals surface area (Å²) in [6.07, 6.45) is 3.16. The maximum Gasteiger partial charge on any atom is 0.352 e. The number of carboxylic acids is 1. The van der Waals surface area contributed by atoms with Crippen molar-refractivity contribution in [2.75, 3.05) is 7.11 Å². The molecular weight excluding hydrogens is 208 g/mol. The first-order valence-electron chi connectivity index (χ1n) is 4.63. The minimum absolute atomic E-state index is 0.159. The Labute approximate surface area is 91.7 Å². The third-order valence-electron chi connectivity index (χ3n) is 2.22. The van der Waals surface area contributed by atoms with Crippen molar-refractivity contribution in [2.45, 2.75) is 0 Å². The number of nitrogens with zero attached hydrogens (tertiary/aromatic N) is 1. The molecule has 5 nitrogen and oxygen atoms in total. The Morgan fingerprint density at radius 3 is 2.81 bits per heavy atom. The Hall–Kier alpha value is -2.30. The minimum Gasteiger partial charge on any atom is -0.481 e. The molecule has 0 atom stereocenters. The number of hydrogen-bond donors (Lipinski definition) is 2. The van der Waals surface area contributed by atoms with Gasteiger partial charge in [0.25, 0.3) is 0 Å². The van der Waals surface area contributed by atoms with Gasteiger partial charge in [-0.1, -0.05) is 0 Å². The van der Waals surface area contributed by atoms with Gasteiger partial charge in [0.1, 0.15) is 5.69 Å². The maximum absolute atomic E-state index is 10.9. The molecule has 2 heterocycles. The molecule has 0 amide bonds. The van der Waals surface area contributed by atoms with Crippen molar-refractivity contribution >= 4 is 5.97 Å². The second kappa shape index (κ2) is 4.06. The molecule has 2 aromatic rings. The smallest absolute Gasteiger partial charge is 0.352 e. The molecule has 5 heteroatoms. The first-order chi connectivity index (χ1) is 7.72. The van der Waals surface area contributed by atoms with Crippen LogP contribution in [-0.4, -0.2) is 28.2 Å². The van der Waals surface area contributed by atoms with Crippen molar-refractivity contribution in [1.82, 2.24) is 9.97 Å². The van der Waals surface area contributed by atoms with Crippen LogP contribution in [0.25, 0.3) is 11.1 Å². The molecule has 0 aromatic carbocycles. The molecule has 16 heavy (non-hydrogen) atoms. The molecule has 0 radical (unpaired) electrons. The Bertz CT molecular complexity index is 502. The van der Waals surface area contributed by atoms with Crippen LogP contribution >= 0.6 is 0 Å². The average Bonchev–Trinajstić information content (AvgIpc) is 2.78. The number of ether oxygens (including phenoxy) is 1. The number of pyridine rings is 1. The monoisotopic (exact) mass is 218 g/mol. The highest BCUT2D eigenvalue weighted by Gasteiger charge is 2.12. The lowest BCUT2D eigenvalue weighted by Gasteiger charge is -2.02. The molecule has 0 aliphatic carbocycles. The summed E-state index contributed by atoms with van der Waals surface area (Å²) in [4.78, 5) is 17.6. The lowest BCUT2D eigenvalue weighted by molar-refractivity contribution is 0.0692. The number of aromatic carboxylic acids is 1. The normalized spacial score (nSPS) is 10.1. The SMILES string of the molecule is COc1ccc(-c2cc[nH]c2C(=O)O)cn1. The number of hydrogen-bond acceptors (Lipinski definition) is 3. The summed E-state index contributed by atoms with van der Waals surface area (Å²) < 4.78 is 4.93. The Morgan fingerprint density at radius 2 is 2.25 bits per heavy atom. The first kappa shape index (κ1) is 10.2. The van der Waals surface area contributed by atoms with Gasteiger partial charge in [0, 0.05) is 29.6 Å². The zero-order chi connectivity index (χ0) is 11.5. The van der Waals surface area contributed by atoms with Crippen LogP contribution in [0, 0.1) is 0 Å². The van der Waals surface area contributed by atoms with Crippen molar-refractivity contribution in [2.24, 2.45) is 0 Å². The van der Waals surface area contributed by atoms with Gasteiger partial charge in [-0.25, -0.2) is 9.78 Å². The molecule has 0 aliphatic heterocycles. The molecular formula is C11H10N2O3. The third-order valence-corrected chi connectivity index (χ3v) is 2.22. The summed E-state index contributed by atoms with van der Waals surface area (Å²) in [7, 11) is 1.53. The summed E-state index contributed by atoms with van der Waals surface area (Å²) in [5, 5.41) is 8.94. The molecule has 82 valence electrons. The largest absolute Gasteiger partial charge is 0.481 e. The van der Waals surface area contributed by atoms with E-state index >= 15 is 0 Å². The number of aromatic nitrogens is 2. The van der Waals surface area contributed by atoms with Gasteiger partial charge in [-0.3, -0.25) is 0 Å². The van der Waals surface area contributed by atoms with E-state index < -0.39 is 5.97 Å². The van der Waals surface area contributed by atoms with E-state index in [9.17, 15) is 4.79 Å². The zero-order valence-corrected chi connectivity index (χ0v) is 8.60. The van der Waals surface area contributed by atoms with Crippen LogP contribution in [0.2, 0.25) is 0 Å². The molecule has 2 rings (SSSR count). The highest BCUT2D eigenvalue weighted by molar-refractivity contribution is 5.94. The van der Waals surface area contributed by atoms with Gasteiger partial charge in [-0.15, -0.1) is 0 Å². The van der Waals surface area contributed by atoms with Gasteiger partial charge >= 0.3 is 5.97 Å². The van der Waals surface area contributed by atoms with E-state index in [1.807, 2.05) is 0 Å². The molecule has 2 N–H and O–H groups in total. The van der Waals surface area contributed by atoms with Gasteiger partial charge in [0.05, 0.1) is 7.11 Å². The molecule has 0 spiro atoms. The number of H-pyrrole nitrogens is 1. The quantitative estimate of drug-likeness (QED) is 0.823. The maximum atomic E-state index is 10.9. The van der Waals surface area contributed by atoms with Gasteiger partial charge in [0.15, 0.2) is 0 Å². The van der Waals surface area contributed by atoms with Crippen LogP contribution in [0.5, 0.6) is 5.88 Å². The molecule has 0 fully saturated rings. The van der Waals surface area contributed by atoms with Crippen LogP contribution in [0.15, 0.2) is 30.6 Å². The number of methoxy groups -OCH3 is 1. The number of nitrogens with one attached hydrogen (secondary N) is 1. The van der Waals surface area contributed by atoms with Gasteiger partial charge < -0.3 is 14.8 Å². The lowest BCUT2D eigenvalue weighted by atomic mass is 10.1.